The van der Waals surface area contributed by atoms with E-state index in [2.05, 4.69) is 24.1 Å². The Morgan fingerprint density at radius 2 is 2.06 bits per heavy atom. The third-order valence-electron chi connectivity index (χ3n) is 3.12. The largest absolute Gasteiger partial charge is 0.324 e. The van der Waals surface area contributed by atoms with Gasteiger partial charge in [0.1, 0.15) is 11.6 Å². The van der Waals surface area contributed by atoms with Crippen LogP contribution in [0.2, 0.25) is 0 Å². The first-order valence-corrected chi connectivity index (χ1v) is 6.22. The molecule has 1 aromatic rings. The summed E-state index contributed by atoms with van der Waals surface area (Å²) in [5, 5.41) is 2.69. The molecule has 0 radical (unpaired) electrons. The van der Waals surface area contributed by atoms with E-state index < -0.39 is 5.82 Å². The molecule has 1 saturated heterocycles. The van der Waals surface area contributed by atoms with Crippen molar-refractivity contribution in [1.82, 2.24) is 9.88 Å². The lowest BCUT2D eigenvalue weighted by Gasteiger charge is -2.34. The van der Waals surface area contributed by atoms with Gasteiger partial charge in [-0.3, -0.25) is 5.32 Å². The predicted octanol–water partition coefficient (Wildman–Crippen LogP) is 2.73. The van der Waals surface area contributed by atoms with E-state index in [1.165, 1.54) is 12.1 Å². The average molecular weight is 251 g/mol. The molecule has 0 aromatic carbocycles. The van der Waals surface area contributed by atoms with Crippen molar-refractivity contribution >= 4 is 11.8 Å². The molecule has 0 aliphatic carbocycles. The van der Waals surface area contributed by atoms with Gasteiger partial charge < -0.3 is 4.90 Å². The Kier molecular flexibility index (Phi) is 3.79. The molecule has 5 heteroatoms. The van der Waals surface area contributed by atoms with E-state index in [9.17, 15) is 9.18 Å². The number of urea groups is 1. The van der Waals surface area contributed by atoms with Crippen molar-refractivity contribution < 1.29 is 9.18 Å². The Morgan fingerprint density at radius 1 is 1.39 bits per heavy atom. The molecule has 2 rings (SSSR count). The van der Waals surface area contributed by atoms with Gasteiger partial charge in [-0.1, -0.05) is 13.8 Å². The number of aromatic nitrogens is 1. The lowest BCUT2D eigenvalue weighted by Crippen LogP contribution is -2.44. The molecule has 4 nitrogen and oxygen atoms in total. The van der Waals surface area contributed by atoms with Crippen molar-refractivity contribution in [1.29, 1.82) is 0 Å². The Morgan fingerprint density at radius 3 is 2.61 bits per heavy atom. The number of nitrogens with one attached hydrogen (secondary N) is 1. The van der Waals surface area contributed by atoms with E-state index in [1.807, 2.05) is 0 Å². The van der Waals surface area contributed by atoms with Crippen LogP contribution in [-0.2, 0) is 0 Å². The van der Waals surface area contributed by atoms with Gasteiger partial charge in [0, 0.05) is 13.1 Å². The van der Waals surface area contributed by atoms with Crippen LogP contribution >= 0.6 is 0 Å². The SMILES string of the molecule is C[C@@H]1C[C@H](C)CN(C(=O)Nc2ccc(F)cn2)C1. The van der Waals surface area contributed by atoms with E-state index in [4.69, 9.17) is 0 Å². The van der Waals surface area contributed by atoms with Crippen molar-refractivity contribution in [3.05, 3.63) is 24.1 Å². The van der Waals surface area contributed by atoms with Crippen LogP contribution in [0.3, 0.4) is 0 Å². The van der Waals surface area contributed by atoms with Gasteiger partial charge in [-0.15, -0.1) is 0 Å². The quantitative estimate of drug-likeness (QED) is 0.834. The fraction of sp³-hybridized carbons (Fsp3) is 0.538. The summed E-state index contributed by atoms with van der Waals surface area (Å²) < 4.78 is 12.7. The number of amides is 2. The summed E-state index contributed by atoms with van der Waals surface area (Å²) in [6.07, 6.45) is 2.25. The molecule has 18 heavy (non-hydrogen) atoms. The highest BCUT2D eigenvalue weighted by Crippen LogP contribution is 2.21. The fourth-order valence-electron chi connectivity index (χ4n) is 2.47. The van der Waals surface area contributed by atoms with Gasteiger partial charge in [0.05, 0.1) is 6.20 Å². The second-order valence-electron chi connectivity index (χ2n) is 5.14. The van der Waals surface area contributed by atoms with E-state index in [-0.39, 0.29) is 6.03 Å². The minimum Gasteiger partial charge on any atom is -0.324 e. The topological polar surface area (TPSA) is 45.2 Å². The maximum absolute atomic E-state index is 12.7. The first-order chi connectivity index (χ1) is 8.54. The zero-order chi connectivity index (χ0) is 13.1. The van der Waals surface area contributed by atoms with Gasteiger partial charge in [0.2, 0.25) is 0 Å². The van der Waals surface area contributed by atoms with Crippen LogP contribution in [0.1, 0.15) is 20.3 Å². The van der Waals surface area contributed by atoms with Crippen molar-refractivity contribution in [2.24, 2.45) is 11.8 Å². The van der Waals surface area contributed by atoms with Crippen LogP contribution in [0.4, 0.5) is 15.0 Å². The van der Waals surface area contributed by atoms with Gasteiger partial charge >= 0.3 is 6.03 Å². The summed E-state index contributed by atoms with van der Waals surface area (Å²) in [5.74, 6) is 1.00. The molecule has 1 fully saturated rings. The second kappa shape index (κ2) is 5.33. The second-order valence-corrected chi connectivity index (χ2v) is 5.14. The van der Waals surface area contributed by atoms with Gasteiger partial charge in [0.15, 0.2) is 0 Å². The van der Waals surface area contributed by atoms with Gasteiger partial charge in [-0.2, -0.15) is 0 Å². The highest BCUT2D eigenvalue weighted by Gasteiger charge is 2.25. The van der Waals surface area contributed by atoms with Crippen LogP contribution in [0, 0.1) is 17.7 Å². The van der Waals surface area contributed by atoms with Crippen LogP contribution < -0.4 is 5.32 Å². The van der Waals surface area contributed by atoms with E-state index in [0.29, 0.717) is 17.7 Å². The van der Waals surface area contributed by atoms with Crippen molar-refractivity contribution in [2.75, 3.05) is 18.4 Å². The first kappa shape index (κ1) is 12.8. The van der Waals surface area contributed by atoms with E-state index >= 15 is 0 Å². The normalized spacial score (nSPS) is 23.8. The molecule has 1 aromatic heterocycles. The third-order valence-corrected chi connectivity index (χ3v) is 3.12. The van der Waals surface area contributed by atoms with Crippen LogP contribution in [0.5, 0.6) is 0 Å². The number of hydrogen-bond acceptors (Lipinski definition) is 2. The van der Waals surface area contributed by atoms with Crippen molar-refractivity contribution in [2.45, 2.75) is 20.3 Å². The molecule has 0 saturated carbocycles. The summed E-state index contributed by atoms with van der Waals surface area (Å²) in [7, 11) is 0. The minimum absolute atomic E-state index is 0.160. The lowest BCUT2D eigenvalue weighted by molar-refractivity contribution is 0.156. The smallest absolute Gasteiger partial charge is 0.323 e. The van der Waals surface area contributed by atoms with Crippen LogP contribution in [0.15, 0.2) is 18.3 Å². The number of piperidine rings is 1. The van der Waals surface area contributed by atoms with Crippen LogP contribution in [-0.4, -0.2) is 29.0 Å². The molecule has 0 bridgehead atoms. The van der Waals surface area contributed by atoms with E-state index in [1.54, 1.807) is 4.90 Å². The zero-order valence-corrected chi connectivity index (χ0v) is 10.7. The molecule has 1 aliphatic rings. The highest BCUT2D eigenvalue weighted by atomic mass is 19.1. The van der Waals surface area contributed by atoms with Crippen molar-refractivity contribution in [3.63, 3.8) is 0 Å². The summed E-state index contributed by atoms with van der Waals surface area (Å²) in [4.78, 5) is 17.6. The number of hydrogen-bond donors (Lipinski definition) is 1. The predicted molar refractivity (Wildman–Crippen MR) is 67.7 cm³/mol. The number of carbonyl (C=O) groups excluding carboxylic acids is 1. The molecule has 2 amide bonds. The van der Waals surface area contributed by atoms with Gasteiger partial charge in [-0.05, 0) is 30.4 Å². The molecule has 98 valence electrons. The minimum atomic E-state index is -0.409. The average Bonchev–Trinajstić information content (AvgIpc) is 2.31. The standard InChI is InChI=1S/C13H18FN3O/c1-9-5-10(2)8-17(7-9)13(18)16-12-4-3-11(14)6-15-12/h3-4,6,9-10H,5,7-8H2,1-2H3,(H,15,16,18)/t9-,10+. The van der Waals surface area contributed by atoms with Gasteiger partial charge in [-0.25, -0.2) is 14.2 Å². The molecule has 1 N–H and O–H groups in total. The molecule has 0 unspecified atom stereocenters. The van der Waals surface area contributed by atoms with E-state index in [0.717, 1.165) is 25.7 Å². The lowest BCUT2D eigenvalue weighted by atomic mass is 9.92. The number of pyridine rings is 1. The number of likely N-dealkylation sites (tertiary alicyclic amines) is 1. The molecule has 2 atom stereocenters. The maximum atomic E-state index is 12.7. The fourth-order valence-corrected chi connectivity index (χ4v) is 2.47. The number of anilines is 1. The number of nitrogens with zero attached hydrogens (tertiary/aromatic N) is 2. The highest BCUT2D eigenvalue weighted by molar-refractivity contribution is 5.88. The molecule has 2 heterocycles. The number of rotatable bonds is 1. The first-order valence-electron chi connectivity index (χ1n) is 6.22. The Hall–Kier alpha value is -1.65. The maximum Gasteiger partial charge on any atom is 0.323 e. The number of carbonyl (C=O) groups is 1. The van der Waals surface area contributed by atoms with Crippen LogP contribution in [0.25, 0.3) is 0 Å². The molecule has 0 spiro atoms. The Labute approximate surface area is 106 Å². The third kappa shape index (κ3) is 3.18. The number of halogens is 1. The summed E-state index contributed by atoms with van der Waals surface area (Å²) in [5.41, 5.74) is 0. The summed E-state index contributed by atoms with van der Waals surface area (Å²) in [6, 6.07) is 2.58. The Bertz CT molecular complexity index is 411. The summed E-state index contributed by atoms with van der Waals surface area (Å²) >= 11 is 0. The monoisotopic (exact) mass is 251 g/mol. The van der Waals surface area contributed by atoms with Crippen molar-refractivity contribution in [3.8, 4) is 0 Å². The molecule has 1 aliphatic heterocycles. The molecular weight excluding hydrogens is 233 g/mol. The Balaban J connectivity index is 1.97. The zero-order valence-electron chi connectivity index (χ0n) is 10.7. The molecular formula is C13H18FN3O. The summed E-state index contributed by atoms with van der Waals surface area (Å²) in [6.45, 7) is 5.81. The van der Waals surface area contributed by atoms with Gasteiger partial charge in [0.25, 0.3) is 0 Å².